The lowest BCUT2D eigenvalue weighted by atomic mass is 9.75. The van der Waals surface area contributed by atoms with E-state index in [1.165, 1.54) is 0 Å². The molecule has 16 heteroatoms. The fourth-order valence-corrected chi connectivity index (χ4v) is 6.96. The molecule has 2 aliphatic rings. The normalized spacial score (nSPS) is 15.8. The topological polar surface area (TPSA) is 271 Å². The molecule has 0 atom stereocenters. The maximum Gasteiger partial charge on any atom is 0.325 e. The van der Waals surface area contributed by atoms with Gasteiger partial charge in [0.2, 0.25) is 11.6 Å². The third-order valence-electron chi connectivity index (χ3n) is 9.33. The molecule has 0 saturated heterocycles. The number of Topliss-reactive ketones (excluding diaryl/α,β-unsaturated/α-hetero) is 2. The van der Waals surface area contributed by atoms with Crippen LogP contribution < -0.4 is 33.1 Å². The van der Waals surface area contributed by atoms with Gasteiger partial charge in [-0.3, -0.25) is 29.1 Å². The number of aliphatic hydroxyl groups is 2. The number of aromatic amines is 4. The van der Waals surface area contributed by atoms with Gasteiger partial charge < -0.3 is 41.0 Å². The highest BCUT2D eigenvalue weighted by molar-refractivity contribution is 6.35. The highest BCUT2D eigenvalue weighted by atomic mass is 16.3. The average Bonchev–Trinajstić information content (AvgIpc) is 3.08. The van der Waals surface area contributed by atoms with E-state index in [-0.39, 0.29) is 55.9 Å². The summed E-state index contributed by atoms with van der Waals surface area (Å²) < 4.78 is 0. The van der Waals surface area contributed by atoms with Crippen LogP contribution in [-0.2, 0) is 9.59 Å². The summed E-state index contributed by atoms with van der Waals surface area (Å²) in [5, 5.41) is 52.0. The Hall–Kier alpha value is -7.10. The minimum Gasteiger partial charge on any atom is -0.507 e. The number of rotatable bonds is 7. The Morgan fingerprint density at radius 3 is 1.24 bits per heavy atom. The van der Waals surface area contributed by atoms with Crippen LogP contribution in [-0.4, -0.2) is 51.9 Å². The first-order valence-electron chi connectivity index (χ1n) is 16.7. The number of fused-ring (bicyclic) bond motifs is 2. The number of benzene rings is 2. The number of carbonyl (C=O) groups is 2. The van der Waals surface area contributed by atoms with Gasteiger partial charge in [-0.2, -0.15) is 0 Å². The first-order valence-corrected chi connectivity index (χ1v) is 16.7. The number of aromatic hydroxyl groups is 2. The molecule has 0 amide bonds. The fraction of sp³-hybridized carbons (Fsp3) is 0.211. The molecule has 6 rings (SSSR count). The maximum absolute atomic E-state index is 13.8. The Morgan fingerprint density at radius 1 is 0.574 bits per heavy atom. The van der Waals surface area contributed by atoms with Crippen molar-refractivity contribution in [3.05, 3.63) is 124 Å². The number of hydrogen-bond acceptors (Lipinski definition) is 12. The number of aryl methyl sites for hydroxylation is 2. The number of phenols is 2. The Morgan fingerprint density at radius 2 is 0.926 bits per heavy atom. The summed E-state index contributed by atoms with van der Waals surface area (Å²) in [7, 11) is 0. The molecule has 16 nitrogen and oxygen atoms in total. The van der Waals surface area contributed by atoms with Gasteiger partial charge in [0.25, 0.3) is 11.1 Å². The monoisotopic (exact) mass is 736 g/mol. The molecule has 0 spiro atoms. The first kappa shape index (κ1) is 36.7. The molecular weight excluding hydrogens is 700 g/mol. The molecule has 0 radical (unpaired) electrons. The number of carbonyl (C=O) groups excluding carboxylic acids is 2. The van der Waals surface area contributed by atoms with E-state index in [0.717, 1.165) is 24.8 Å². The number of nitrogens with one attached hydrogen (secondary N) is 6. The zero-order chi connectivity index (χ0) is 39.5. The largest absolute Gasteiger partial charge is 0.507 e. The standard InChI is InChI=1S/C38H36N6O10/c1-13(2)23-17-7-15(5)25(31(47)27(17)19(29(45)33(23)49)9-39-21-11-41-37(53)43-35(21)51)26-16(6)8-18-24(14(3)4)34(50)30(46)20(28(18)32(26)48)10-40-22-12-42-38(54)44-36(22)52/h7-14,39-40,47-50H,1-6H3,(H2,41,43,51,53)(H2,42,44,52,54). The second kappa shape index (κ2) is 13.5. The Labute approximate surface area is 305 Å². The molecule has 0 bridgehead atoms. The molecule has 54 heavy (non-hydrogen) atoms. The average molecular weight is 737 g/mol. The minimum absolute atomic E-state index is 0.0295. The lowest BCUT2D eigenvalue weighted by Gasteiger charge is -2.29. The molecule has 0 saturated carbocycles. The van der Waals surface area contributed by atoms with Gasteiger partial charge in [-0.15, -0.1) is 0 Å². The van der Waals surface area contributed by atoms with Crippen molar-refractivity contribution in [2.75, 3.05) is 10.6 Å². The quantitative estimate of drug-likeness (QED) is 0.120. The second-order valence-electron chi connectivity index (χ2n) is 13.5. The Kier molecular flexibility index (Phi) is 9.15. The van der Waals surface area contributed by atoms with Crippen molar-refractivity contribution < 1.29 is 30.0 Å². The Balaban J connectivity index is 1.64. The van der Waals surface area contributed by atoms with Gasteiger partial charge in [0, 0.05) is 58.2 Å². The van der Waals surface area contributed by atoms with E-state index in [0.29, 0.717) is 22.3 Å². The van der Waals surface area contributed by atoms with E-state index < -0.39 is 68.9 Å². The number of hydrogen-bond donors (Lipinski definition) is 10. The predicted molar refractivity (Wildman–Crippen MR) is 202 cm³/mol. The molecule has 2 aromatic carbocycles. The van der Waals surface area contributed by atoms with E-state index in [2.05, 4.69) is 30.6 Å². The number of allylic oxidation sites excluding steroid dienone is 4. The van der Waals surface area contributed by atoms with Gasteiger partial charge in [-0.05, 0) is 47.9 Å². The van der Waals surface area contributed by atoms with Crippen LogP contribution in [0.5, 0.6) is 11.5 Å². The van der Waals surface area contributed by atoms with Crippen LogP contribution in [0.2, 0.25) is 0 Å². The van der Waals surface area contributed by atoms with Crippen LogP contribution in [0.1, 0.15) is 61.1 Å². The summed E-state index contributed by atoms with van der Waals surface area (Å²) in [5.74, 6) is -4.65. The van der Waals surface area contributed by atoms with Crippen molar-refractivity contribution in [1.29, 1.82) is 0 Å². The van der Waals surface area contributed by atoms with Crippen molar-refractivity contribution in [2.24, 2.45) is 11.8 Å². The maximum atomic E-state index is 13.8. The molecule has 4 aromatic rings. The van der Waals surface area contributed by atoms with E-state index in [4.69, 9.17) is 0 Å². The zero-order valence-electron chi connectivity index (χ0n) is 29.9. The van der Waals surface area contributed by atoms with E-state index in [1.54, 1.807) is 53.7 Å². The van der Waals surface area contributed by atoms with Crippen LogP contribution in [0.4, 0.5) is 11.4 Å². The van der Waals surface area contributed by atoms with Gasteiger partial charge in [-0.1, -0.05) is 39.8 Å². The van der Waals surface area contributed by atoms with Crippen molar-refractivity contribution in [1.82, 2.24) is 19.9 Å². The van der Waals surface area contributed by atoms with Crippen molar-refractivity contribution in [3.63, 3.8) is 0 Å². The van der Waals surface area contributed by atoms with Crippen molar-refractivity contribution in [2.45, 2.75) is 41.5 Å². The van der Waals surface area contributed by atoms with Crippen LogP contribution in [0, 0.1) is 25.7 Å². The molecule has 0 fully saturated rings. The highest BCUT2D eigenvalue weighted by Crippen LogP contribution is 2.53. The summed E-state index contributed by atoms with van der Waals surface area (Å²) >= 11 is 0. The SMILES string of the molecule is Cc1cc2c(c(O)c1-c1c(C)cc3c(c1O)C(=CNc1c[nH]c(=O)[nH]c1=O)C(=O)C(O)=C3C(C)C)C(=CNc1c[nH]c(=O)[nH]c1=O)C(=O)C(O)=C2C(C)C. The number of H-pyrrole nitrogens is 4. The third-order valence-corrected chi connectivity index (χ3v) is 9.33. The van der Waals surface area contributed by atoms with Gasteiger partial charge in [0.15, 0.2) is 11.5 Å². The molecule has 278 valence electrons. The number of anilines is 2. The molecule has 2 aromatic heterocycles. The summed E-state index contributed by atoms with van der Waals surface area (Å²) in [5.41, 5.74) is -1.93. The summed E-state index contributed by atoms with van der Waals surface area (Å²) in [6, 6.07) is 3.27. The summed E-state index contributed by atoms with van der Waals surface area (Å²) in [6.07, 6.45) is 4.40. The van der Waals surface area contributed by atoms with Crippen LogP contribution in [0.25, 0.3) is 33.4 Å². The van der Waals surface area contributed by atoms with Gasteiger partial charge in [0.1, 0.15) is 22.9 Å². The smallest absolute Gasteiger partial charge is 0.325 e. The van der Waals surface area contributed by atoms with Gasteiger partial charge in [0.05, 0.1) is 11.1 Å². The Bertz CT molecular complexity index is 2510. The van der Waals surface area contributed by atoms with Crippen LogP contribution in [0.15, 0.2) is 67.6 Å². The first-order chi connectivity index (χ1) is 25.4. The number of aromatic nitrogens is 4. The molecule has 0 unspecified atom stereocenters. The molecule has 10 N–H and O–H groups in total. The lowest BCUT2D eigenvalue weighted by molar-refractivity contribution is -0.113. The number of phenolic OH excluding ortho intramolecular Hbond substituents is 2. The van der Waals surface area contributed by atoms with E-state index in [1.807, 2.05) is 0 Å². The summed E-state index contributed by atoms with van der Waals surface area (Å²) in [6.45, 7) is 10.3. The molecule has 2 heterocycles. The van der Waals surface area contributed by atoms with E-state index in [9.17, 15) is 49.2 Å². The molecular formula is C38H36N6O10. The predicted octanol–water partition coefficient (Wildman–Crippen LogP) is 4.06. The summed E-state index contributed by atoms with van der Waals surface area (Å²) in [4.78, 5) is 84.2. The zero-order valence-corrected chi connectivity index (χ0v) is 29.9. The van der Waals surface area contributed by atoms with Crippen molar-refractivity contribution in [3.8, 4) is 22.6 Å². The lowest BCUT2D eigenvalue weighted by Crippen LogP contribution is -2.24. The van der Waals surface area contributed by atoms with Crippen LogP contribution >= 0.6 is 0 Å². The second-order valence-corrected chi connectivity index (χ2v) is 13.5. The van der Waals surface area contributed by atoms with Crippen LogP contribution in [0.3, 0.4) is 0 Å². The number of aliphatic hydroxyl groups excluding tert-OH is 2. The highest BCUT2D eigenvalue weighted by Gasteiger charge is 2.38. The molecule has 0 aliphatic heterocycles. The molecule has 2 aliphatic carbocycles. The fourth-order valence-electron chi connectivity index (χ4n) is 6.96. The third kappa shape index (κ3) is 5.92. The minimum atomic E-state index is -0.877. The van der Waals surface area contributed by atoms with E-state index >= 15 is 0 Å². The van der Waals surface area contributed by atoms with Gasteiger partial charge in [-0.25, -0.2) is 9.59 Å². The number of ketones is 2. The van der Waals surface area contributed by atoms with Crippen molar-refractivity contribution >= 4 is 45.2 Å². The van der Waals surface area contributed by atoms with Gasteiger partial charge >= 0.3 is 11.4 Å².